The third-order valence-corrected chi connectivity index (χ3v) is 4.69. The molecule has 0 amide bonds. The summed E-state index contributed by atoms with van der Waals surface area (Å²) in [7, 11) is 1.69. The smallest absolute Gasteiger partial charge is 0.128 e. The second kappa shape index (κ2) is 10.1. The Morgan fingerprint density at radius 2 is 2.08 bits per heavy atom. The van der Waals surface area contributed by atoms with E-state index in [1.807, 2.05) is 26.1 Å². The number of ether oxygens (including phenoxy) is 1. The van der Waals surface area contributed by atoms with Gasteiger partial charge in [-0.05, 0) is 31.5 Å². The van der Waals surface area contributed by atoms with E-state index in [0.717, 1.165) is 54.3 Å². The molecular formula is C19H26Cl2FN3O. The van der Waals surface area contributed by atoms with Gasteiger partial charge in [0.1, 0.15) is 11.6 Å². The van der Waals surface area contributed by atoms with E-state index in [2.05, 4.69) is 15.2 Å². The molecule has 0 saturated carbocycles. The predicted molar refractivity (Wildman–Crippen MR) is 107 cm³/mol. The second-order valence-corrected chi connectivity index (χ2v) is 6.29. The standard InChI is InChI=1S/C19H24FN3O.2ClH/c1-13-10-22-17(14(2)19(13)24-3)12-23-8-7-21-11-18(23)15-5-4-6-16(20)9-15;;/h4-6,9-10,18,21H,7-8,11-12H2,1-3H3;2*1H. The zero-order valence-corrected chi connectivity index (χ0v) is 16.9. The minimum Gasteiger partial charge on any atom is -0.496 e. The number of piperazine rings is 1. The fourth-order valence-corrected chi connectivity index (χ4v) is 3.40. The molecule has 0 radical (unpaired) electrons. The zero-order valence-electron chi connectivity index (χ0n) is 15.3. The molecule has 0 bridgehead atoms. The Bertz CT molecular complexity index is 730. The maximum absolute atomic E-state index is 13.6. The van der Waals surface area contributed by atoms with Gasteiger partial charge in [0.15, 0.2) is 0 Å². The number of aryl methyl sites for hydroxylation is 1. The molecule has 1 aromatic carbocycles. The molecule has 1 atom stereocenters. The highest BCUT2D eigenvalue weighted by Crippen LogP contribution is 2.28. The molecule has 144 valence electrons. The third-order valence-electron chi connectivity index (χ3n) is 4.69. The summed E-state index contributed by atoms with van der Waals surface area (Å²) in [5.74, 6) is 0.710. The number of halogens is 3. The lowest BCUT2D eigenvalue weighted by molar-refractivity contribution is 0.151. The van der Waals surface area contributed by atoms with Crippen LogP contribution in [0.1, 0.15) is 28.4 Å². The largest absolute Gasteiger partial charge is 0.496 e. The first-order valence-corrected chi connectivity index (χ1v) is 8.29. The van der Waals surface area contributed by atoms with Gasteiger partial charge in [-0.1, -0.05) is 12.1 Å². The van der Waals surface area contributed by atoms with Crippen LogP contribution >= 0.6 is 24.8 Å². The average molecular weight is 402 g/mol. The lowest BCUT2D eigenvalue weighted by atomic mass is 10.0. The molecule has 1 N–H and O–H groups in total. The van der Waals surface area contributed by atoms with E-state index in [9.17, 15) is 4.39 Å². The fraction of sp³-hybridized carbons (Fsp3) is 0.421. The summed E-state index contributed by atoms with van der Waals surface area (Å²) >= 11 is 0. The molecule has 7 heteroatoms. The van der Waals surface area contributed by atoms with E-state index in [4.69, 9.17) is 4.74 Å². The highest BCUT2D eigenvalue weighted by Gasteiger charge is 2.25. The highest BCUT2D eigenvalue weighted by molar-refractivity contribution is 5.85. The predicted octanol–water partition coefficient (Wildman–Crippen LogP) is 3.84. The number of hydrogen-bond acceptors (Lipinski definition) is 4. The van der Waals surface area contributed by atoms with Crippen molar-refractivity contribution in [2.45, 2.75) is 26.4 Å². The Morgan fingerprint density at radius 3 is 2.77 bits per heavy atom. The van der Waals surface area contributed by atoms with Crippen molar-refractivity contribution in [1.82, 2.24) is 15.2 Å². The number of hydrogen-bond donors (Lipinski definition) is 1. The van der Waals surface area contributed by atoms with Gasteiger partial charge in [0.05, 0.1) is 12.8 Å². The van der Waals surface area contributed by atoms with Crippen LogP contribution in [-0.4, -0.2) is 36.6 Å². The van der Waals surface area contributed by atoms with Gasteiger partial charge < -0.3 is 10.1 Å². The Balaban J connectivity index is 0.00000169. The number of methoxy groups -OCH3 is 1. The zero-order chi connectivity index (χ0) is 17.1. The van der Waals surface area contributed by atoms with Crippen LogP contribution in [0.25, 0.3) is 0 Å². The number of nitrogens with one attached hydrogen (secondary N) is 1. The molecule has 1 aromatic heterocycles. The molecule has 2 heterocycles. The number of nitrogens with zero attached hydrogens (tertiary/aromatic N) is 2. The summed E-state index contributed by atoms with van der Waals surface area (Å²) in [5.41, 5.74) is 4.13. The van der Waals surface area contributed by atoms with Gasteiger partial charge in [-0.15, -0.1) is 24.8 Å². The van der Waals surface area contributed by atoms with Crippen molar-refractivity contribution >= 4 is 24.8 Å². The maximum atomic E-state index is 13.6. The summed E-state index contributed by atoms with van der Waals surface area (Å²) in [4.78, 5) is 6.97. The normalized spacial score (nSPS) is 17.2. The monoisotopic (exact) mass is 401 g/mol. The first kappa shape index (κ1) is 22.6. The van der Waals surface area contributed by atoms with Crippen molar-refractivity contribution in [3.05, 3.63) is 58.7 Å². The van der Waals surface area contributed by atoms with Crippen LogP contribution in [0.2, 0.25) is 0 Å². The van der Waals surface area contributed by atoms with Crippen LogP contribution in [0, 0.1) is 19.7 Å². The molecule has 3 rings (SSSR count). The summed E-state index contributed by atoms with van der Waals surface area (Å²) in [6.45, 7) is 7.42. The second-order valence-electron chi connectivity index (χ2n) is 6.29. The molecule has 4 nitrogen and oxygen atoms in total. The molecule has 1 fully saturated rings. The van der Waals surface area contributed by atoms with Crippen molar-refractivity contribution in [1.29, 1.82) is 0 Å². The number of pyridine rings is 1. The van der Waals surface area contributed by atoms with Crippen LogP contribution in [0.5, 0.6) is 5.75 Å². The van der Waals surface area contributed by atoms with E-state index in [-0.39, 0.29) is 36.7 Å². The molecule has 1 unspecified atom stereocenters. The van der Waals surface area contributed by atoms with E-state index >= 15 is 0 Å². The van der Waals surface area contributed by atoms with Gasteiger partial charge >= 0.3 is 0 Å². The lowest BCUT2D eigenvalue weighted by Gasteiger charge is -2.36. The van der Waals surface area contributed by atoms with Gasteiger partial charge in [-0.25, -0.2) is 4.39 Å². The lowest BCUT2D eigenvalue weighted by Crippen LogP contribution is -2.45. The number of aromatic nitrogens is 1. The molecule has 1 saturated heterocycles. The maximum Gasteiger partial charge on any atom is 0.128 e. The topological polar surface area (TPSA) is 37.4 Å². The molecular weight excluding hydrogens is 376 g/mol. The fourth-order valence-electron chi connectivity index (χ4n) is 3.40. The minimum atomic E-state index is -0.190. The molecule has 1 aliphatic heterocycles. The molecule has 0 spiro atoms. The molecule has 0 aliphatic carbocycles. The number of benzene rings is 1. The Labute approximate surface area is 167 Å². The van der Waals surface area contributed by atoms with E-state index in [1.54, 1.807) is 19.2 Å². The van der Waals surface area contributed by atoms with Gasteiger partial charge in [0, 0.05) is 49.5 Å². The molecule has 2 aromatic rings. The van der Waals surface area contributed by atoms with Gasteiger partial charge in [-0.3, -0.25) is 9.88 Å². The summed E-state index contributed by atoms with van der Waals surface area (Å²) in [6, 6.07) is 7.02. The van der Waals surface area contributed by atoms with E-state index < -0.39 is 0 Å². The van der Waals surface area contributed by atoms with Crippen molar-refractivity contribution in [2.75, 3.05) is 26.7 Å². The van der Waals surface area contributed by atoms with Crippen molar-refractivity contribution < 1.29 is 9.13 Å². The van der Waals surface area contributed by atoms with Gasteiger partial charge in [0.25, 0.3) is 0 Å². The van der Waals surface area contributed by atoms with E-state index in [0.29, 0.717) is 0 Å². The summed E-state index contributed by atoms with van der Waals surface area (Å²) < 4.78 is 19.1. The van der Waals surface area contributed by atoms with Crippen LogP contribution in [0.3, 0.4) is 0 Å². The van der Waals surface area contributed by atoms with Crippen LogP contribution in [0.4, 0.5) is 4.39 Å². The van der Waals surface area contributed by atoms with Gasteiger partial charge in [0.2, 0.25) is 0 Å². The molecule has 1 aliphatic rings. The SMILES string of the molecule is COc1c(C)cnc(CN2CCNCC2c2cccc(F)c2)c1C.Cl.Cl. The first-order valence-electron chi connectivity index (χ1n) is 8.29. The Morgan fingerprint density at radius 1 is 1.31 bits per heavy atom. The highest BCUT2D eigenvalue weighted by atomic mass is 35.5. The van der Waals surface area contributed by atoms with Gasteiger partial charge in [-0.2, -0.15) is 0 Å². The third kappa shape index (κ3) is 4.86. The number of rotatable bonds is 4. The quantitative estimate of drug-likeness (QED) is 0.844. The molecule has 26 heavy (non-hydrogen) atoms. The summed E-state index contributed by atoms with van der Waals surface area (Å²) in [5, 5.41) is 3.41. The van der Waals surface area contributed by atoms with Crippen LogP contribution in [0.15, 0.2) is 30.5 Å². The Hall–Kier alpha value is -1.40. The van der Waals surface area contributed by atoms with Crippen molar-refractivity contribution in [3.8, 4) is 5.75 Å². The van der Waals surface area contributed by atoms with E-state index in [1.165, 1.54) is 6.07 Å². The van der Waals surface area contributed by atoms with Crippen molar-refractivity contribution in [2.24, 2.45) is 0 Å². The van der Waals surface area contributed by atoms with Crippen molar-refractivity contribution in [3.63, 3.8) is 0 Å². The Kier molecular flexibility index (Phi) is 8.77. The minimum absolute atomic E-state index is 0. The van der Waals surface area contributed by atoms with Crippen LogP contribution in [-0.2, 0) is 6.54 Å². The summed E-state index contributed by atoms with van der Waals surface area (Å²) in [6.07, 6.45) is 1.86. The van der Waals surface area contributed by atoms with Crippen LogP contribution < -0.4 is 10.1 Å². The first-order chi connectivity index (χ1) is 11.6. The average Bonchev–Trinajstić information content (AvgIpc) is 2.58.